The van der Waals surface area contributed by atoms with E-state index in [1.54, 1.807) is 12.1 Å². The molecule has 0 unspecified atom stereocenters. The van der Waals surface area contributed by atoms with Crippen LogP contribution in [0.25, 0.3) is 0 Å². The standard InChI is InChI=1S/C13H14NO7/c1-19-8-20-10-5-3-2-4-9(10)13(17)21-14(18)11(15)6-7-12(14)16/h2-5,18H,6-8H2,1H3/q+1. The molecule has 8 heteroatoms. The first kappa shape index (κ1) is 15.1. The Morgan fingerprint density at radius 3 is 2.48 bits per heavy atom. The van der Waals surface area contributed by atoms with Gasteiger partial charge in [0.1, 0.15) is 16.1 Å². The molecule has 1 N–H and O–H groups in total. The summed E-state index contributed by atoms with van der Waals surface area (Å²) in [4.78, 5) is 37.8. The van der Waals surface area contributed by atoms with Crippen molar-refractivity contribution in [1.82, 2.24) is 0 Å². The first-order chi connectivity index (χ1) is 9.99. The molecule has 1 heterocycles. The molecule has 0 radical (unpaired) electrons. The molecular formula is C13H14NO7+. The van der Waals surface area contributed by atoms with Crippen molar-refractivity contribution in [1.29, 1.82) is 0 Å². The van der Waals surface area contributed by atoms with Crippen molar-refractivity contribution in [3.63, 3.8) is 0 Å². The highest BCUT2D eigenvalue weighted by Gasteiger charge is 2.55. The van der Waals surface area contributed by atoms with Gasteiger partial charge in [0.15, 0.2) is 6.79 Å². The summed E-state index contributed by atoms with van der Waals surface area (Å²) in [5.74, 6) is -2.67. The lowest BCUT2D eigenvalue weighted by atomic mass is 10.2. The zero-order valence-corrected chi connectivity index (χ0v) is 11.3. The number of ether oxygens (including phenoxy) is 2. The fraction of sp³-hybridized carbons (Fsp3) is 0.308. The molecule has 0 atom stereocenters. The molecule has 21 heavy (non-hydrogen) atoms. The van der Waals surface area contributed by atoms with Crippen LogP contribution < -0.4 is 4.74 Å². The van der Waals surface area contributed by atoms with E-state index in [1.807, 2.05) is 0 Å². The lowest BCUT2D eigenvalue weighted by Gasteiger charge is -2.16. The predicted octanol–water partition coefficient (Wildman–Crippen LogP) is 0.794. The number of para-hydroxylation sites is 1. The van der Waals surface area contributed by atoms with E-state index in [9.17, 15) is 19.6 Å². The average molecular weight is 296 g/mol. The molecule has 8 nitrogen and oxygen atoms in total. The number of quaternary nitrogens is 1. The number of methoxy groups -OCH3 is 1. The van der Waals surface area contributed by atoms with Gasteiger partial charge in [-0.25, -0.2) is 19.2 Å². The number of amides is 2. The van der Waals surface area contributed by atoms with E-state index in [-0.39, 0.29) is 30.9 Å². The van der Waals surface area contributed by atoms with Gasteiger partial charge in [0, 0.05) is 7.11 Å². The van der Waals surface area contributed by atoms with E-state index in [1.165, 1.54) is 19.2 Å². The number of carbonyl (C=O) groups excluding carboxylic acids is 3. The molecule has 1 fully saturated rings. The highest BCUT2D eigenvalue weighted by Crippen LogP contribution is 2.25. The van der Waals surface area contributed by atoms with Gasteiger partial charge in [-0.05, 0) is 12.1 Å². The average Bonchev–Trinajstić information content (AvgIpc) is 2.73. The van der Waals surface area contributed by atoms with Crippen molar-refractivity contribution in [2.75, 3.05) is 13.9 Å². The summed E-state index contributed by atoms with van der Waals surface area (Å²) < 4.78 is 9.91. The Bertz CT molecular complexity index is 568. The van der Waals surface area contributed by atoms with E-state index in [0.717, 1.165) is 0 Å². The molecular weight excluding hydrogens is 282 g/mol. The van der Waals surface area contributed by atoms with Gasteiger partial charge in [0.2, 0.25) is 0 Å². The highest BCUT2D eigenvalue weighted by atomic mass is 17.0. The summed E-state index contributed by atoms with van der Waals surface area (Å²) >= 11 is 0. The SMILES string of the molecule is COCOc1ccccc1C(=O)O[N+]1(O)C(=O)CCC1=O. The summed E-state index contributed by atoms with van der Waals surface area (Å²) in [6, 6.07) is 6.04. The second-order valence-electron chi connectivity index (χ2n) is 4.29. The van der Waals surface area contributed by atoms with Crippen LogP contribution in [0.4, 0.5) is 0 Å². The van der Waals surface area contributed by atoms with Crippen molar-refractivity contribution < 1.29 is 38.7 Å². The minimum absolute atomic E-state index is 0.0337. The number of benzene rings is 1. The molecule has 1 aromatic carbocycles. The highest BCUT2D eigenvalue weighted by molar-refractivity contribution is 5.95. The van der Waals surface area contributed by atoms with Crippen LogP contribution in [0.15, 0.2) is 24.3 Å². The molecule has 1 aromatic rings. The monoisotopic (exact) mass is 296 g/mol. The number of imide groups is 1. The molecule has 1 saturated heterocycles. The smallest absolute Gasteiger partial charge is 0.407 e. The van der Waals surface area contributed by atoms with E-state index in [0.29, 0.717) is 0 Å². The third-order valence-corrected chi connectivity index (χ3v) is 2.88. The second kappa shape index (κ2) is 6.00. The zero-order valence-electron chi connectivity index (χ0n) is 11.3. The van der Waals surface area contributed by atoms with E-state index >= 15 is 0 Å². The lowest BCUT2D eigenvalue weighted by molar-refractivity contribution is -1.12. The molecule has 112 valence electrons. The maximum Gasteiger partial charge on any atom is 0.407 e. The van der Waals surface area contributed by atoms with E-state index < -0.39 is 22.6 Å². The summed E-state index contributed by atoms with van der Waals surface area (Å²) in [6.07, 6.45) is -0.352. The molecule has 0 aromatic heterocycles. The van der Waals surface area contributed by atoms with Gasteiger partial charge in [-0.1, -0.05) is 12.1 Å². The summed E-state index contributed by atoms with van der Waals surface area (Å²) in [6.45, 7) is -0.0960. The molecule has 1 aliphatic heterocycles. The lowest BCUT2D eigenvalue weighted by Crippen LogP contribution is -2.50. The number of carbonyl (C=O) groups is 3. The molecule has 1 aliphatic rings. The van der Waals surface area contributed by atoms with Crippen molar-refractivity contribution in [3.8, 4) is 5.75 Å². The fourth-order valence-electron chi connectivity index (χ4n) is 1.81. The maximum atomic E-state index is 12.1. The van der Waals surface area contributed by atoms with E-state index in [2.05, 4.69) is 4.84 Å². The zero-order chi connectivity index (χ0) is 15.5. The molecule has 0 saturated carbocycles. The van der Waals surface area contributed by atoms with Gasteiger partial charge >= 0.3 is 17.8 Å². The molecule has 0 aliphatic carbocycles. The third kappa shape index (κ3) is 2.92. The van der Waals surface area contributed by atoms with Crippen molar-refractivity contribution in [2.24, 2.45) is 0 Å². The van der Waals surface area contributed by atoms with Crippen molar-refractivity contribution in [3.05, 3.63) is 29.8 Å². The number of nitrogens with zero attached hydrogens (tertiary/aromatic N) is 1. The van der Waals surface area contributed by atoms with Crippen LogP contribution >= 0.6 is 0 Å². The first-order valence-corrected chi connectivity index (χ1v) is 6.12. The number of hydrogen-bond donors (Lipinski definition) is 1. The Morgan fingerprint density at radius 2 is 1.86 bits per heavy atom. The summed E-state index contributed by atoms with van der Waals surface area (Å²) in [7, 11) is 1.41. The Kier molecular flexibility index (Phi) is 4.32. The summed E-state index contributed by atoms with van der Waals surface area (Å²) in [5.41, 5.74) is -0.0337. The van der Waals surface area contributed by atoms with Crippen molar-refractivity contribution in [2.45, 2.75) is 12.8 Å². The maximum absolute atomic E-state index is 12.1. The van der Waals surface area contributed by atoms with Gasteiger partial charge < -0.3 is 9.47 Å². The van der Waals surface area contributed by atoms with Gasteiger partial charge in [-0.15, -0.1) is 0 Å². The van der Waals surface area contributed by atoms with Gasteiger partial charge in [-0.3, -0.25) is 0 Å². The molecule has 0 spiro atoms. The molecule has 0 bridgehead atoms. The number of hydroxylamine groups is 4. The van der Waals surface area contributed by atoms with Gasteiger partial charge in [0.05, 0.1) is 12.8 Å². The van der Waals surface area contributed by atoms with Crippen LogP contribution in [0.3, 0.4) is 0 Å². The number of rotatable bonds is 5. The van der Waals surface area contributed by atoms with Crippen LogP contribution in [0.2, 0.25) is 0 Å². The fourth-order valence-corrected chi connectivity index (χ4v) is 1.81. The first-order valence-electron chi connectivity index (χ1n) is 6.12. The quantitative estimate of drug-likeness (QED) is 0.371. The van der Waals surface area contributed by atoms with Crippen LogP contribution in [0.5, 0.6) is 5.75 Å². The third-order valence-electron chi connectivity index (χ3n) is 2.88. The Morgan fingerprint density at radius 1 is 1.24 bits per heavy atom. The van der Waals surface area contributed by atoms with Gasteiger partial charge in [-0.2, -0.15) is 5.21 Å². The largest absolute Gasteiger partial charge is 0.467 e. The minimum Gasteiger partial charge on any atom is -0.467 e. The summed E-state index contributed by atoms with van der Waals surface area (Å²) in [5, 5.41) is 9.86. The predicted molar refractivity (Wildman–Crippen MR) is 65.7 cm³/mol. The van der Waals surface area contributed by atoms with Crippen LogP contribution in [0.1, 0.15) is 23.2 Å². The van der Waals surface area contributed by atoms with E-state index in [4.69, 9.17) is 9.47 Å². The van der Waals surface area contributed by atoms with Crippen molar-refractivity contribution >= 4 is 17.8 Å². The molecule has 2 rings (SSSR count). The Balaban J connectivity index is 2.21. The van der Waals surface area contributed by atoms with Crippen LogP contribution in [-0.4, -0.2) is 41.7 Å². The Labute approximate surface area is 119 Å². The number of hydrogen-bond acceptors (Lipinski definition) is 7. The normalized spacial score (nSPS) is 16.9. The molecule has 2 amide bonds. The van der Waals surface area contributed by atoms with Crippen LogP contribution in [-0.2, 0) is 19.2 Å². The topological polar surface area (TPSA) is 99.1 Å². The minimum atomic E-state index is -1.96. The van der Waals surface area contributed by atoms with Gasteiger partial charge in [0.25, 0.3) is 0 Å². The Hall–Kier alpha value is -2.29. The van der Waals surface area contributed by atoms with Crippen LogP contribution in [0, 0.1) is 0 Å². The second-order valence-corrected chi connectivity index (χ2v) is 4.29.